The van der Waals surface area contributed by atoms with Crippen LogP contribution in [0.5, 0.6) is 5.75 Å². The van der Waals surface area contributed by atoms with Crippen molar-refractivity contribution >= 4 is 0 Å². The van der Waals surface area contributed by atoms with Crippen molar-refractivity contribution in [2.45, 2.75) is 50.5 Å². The lowest BCUT2D eigenvalue weighted by atomic mass is 9.56. The molecule has 0 spiro atoms. The number of aliphatic hydroxyl groups excluding tert-OH is 1. The summed E-state index contributed by atoms with van der Waals surface area (Å²) in [5.41, 5.74) is 3.05. The fourth-order valence-corrected chi connectivity index (χ4v) is 5.20. The van der Waals surface area contributed by atoms with Crippen LogP contribution in [0.4, 0.5) is 0 Å². The lowest BCUT2D eigenvalue weighted by molar-refractivity contribution is 0.00834. The Bertz CT molecular complexity index is 583. The number of ether oxygens (including phenoxy) is 1. The van der Waals surface area contributed by atoms with Gasteiger partial charge >= 0.3 is 0 Å². The summed E-state index contributed by atoms with van der Waals surface area (Å²) < 4.78 is 5.49. The molecular formula is C20H29NO2. The zero-order valence-electron chi connectivity index (χ0n) is 14.4. The second kappa shape index (κ2) is 5.78. The monoisotopic (exact) mass is 315 g/mol. The van der Waals surface area contributed by atoms with Gasteiger partial charge in [0.2, 0.25) is 0 Å². The normalized spacial score (nSPS) is 33.3. The number of methoxy groups -OCH3 is 1. The number of aliphatic hydroxyl groups is 1. The quantitative estimate of drug-likeness (QED) is 0.907. The van der Waals surface area contributed by atoms with Gasteiger partial charge in [-0.15, -0.1) is 0 Å². The largest absolute Gasteiger partial charge is 0.497 e. The Balaban J connectivity index is 1.73. The minimum absolute atomic E-state index is 0.127. The lowest BCUT2D eigenvalue weighted by Gasteiger charge is -2.56. The molecular weight excluding hydrogens is 286 g/mol. The summed E-state index contributed by atoms with van der Waals surface area (Å²) in [6.45, 7) is 5.16. The van der Waals surface area contributed by atoms with Gasteiger partial charge in [-0.3, -0.25) is 4.90 Å². The van der Waals surface area contributed by atoms with Gasteiger partial charge in [0.05, 0.1) is 7.11 Å². The maximum atomic E-state index is 9.77. The van der Waals surface area contributed by atoms with E-state index < -0.39 is 0 Å². The Kier molecular flexibility index (Phi) is 3.89. The third-order valence-corrected chi connectivity index (χ3v) is 6.79. The first-order valence-electron chi connectivity index (χ1n) is 9.20. The van der Waals surface area contributed by atoms with Gasteiger partial charge in [-0.1, -0.05) is 13.0 Å². The average molecular weight is 315 g/mol. The maximum Gasteiger partial charge on any atom is 0.119 e. The van der Waals surface area contributed by atoms with Gasteiger partial charge in [-0.2, -0.15) is 0 Å². The SMILES string of the molecule is COc1ccc2c(c1)[C@@]1(CCO)CCN(CC3CC3)C(C2)C1C. The summed E-state index contributed by atoms with van der Waals surface area (Å²) in [6, 6.07) is 7.24. The molecule has 3 heteroatoms. The predicted molar refractivity (Wildman–Crippen MR) is 91.9 cm³/mol. The first-order chi connectivity index (χ1) is 11.2. The molecule has 3 aliphatic rings. The Morgan fingerprint density at radius 3 is 2.87 bits per heavy atom. The van der Waals surface area contributed by atoms with Crippen molar-refractivity contribution in [2.24, 2.45) is 11.8 Å². The topological polar surface area (TPSA) is 32.7 Å². The molecule has 2 aliphatic carbocycles. The molecule has 2 bridgehead atoms. The maximum absolute atomic E-state index is 9.77. The molecule has 1 N–H and O–H groups in total. The van der Waals surface area contributed by atoms with Gasteiger partial charge in [0.25, 0.3) is 0 Å². The molecule has 0 amide bonds. The van der Waals surface area contributed by atoms with E-state index in [2.05, 4.69) is 30.0 Å². The highest BCUT2D eigenvalue weighted by atomic mass is 16.5. The van der Waals surface area contributed by atoms with E-state index in [4.69, 9.17) is 4.74 Å². The number of nitrogens with zero attached hydrogens (tertiary/aromatic N) is 1. The van der Waals surface area contributed by atoms with E-state index in [1.54, 1.807) is 7.11 Å². The molecule has 4 rings (SSSR count). The van der Waals surface area contributed by atoms with Crippen LogP contribution < -0.4 is 4.74 Å². The van der Waals surface area contributed by atoms with E-state index in [-0.39, 0.29) is 12.0 Å². The summed E-state index contributed by atoms with van der Waals surface area (Å²) in [5.74, 6) is 2.50. The standard InChI is InChI=1S/C20H29NO2/c1-14-19-11-16-5-6-17(23-2)12-18(16)20(14,8-10-22)7-9-21(19)13-15-3-4-15/h5-6,12,14-15,19,22H,3-4,7-11,13H2,1-2H3/t14?,19?,20-/m1/s1. The van der Waals surface area contributed by atoms with Crippen LogP contribution in [0.15, 0.2) is 18.2 Å². The Hall–Kier alpha value is -1.06. The predicted octanol–water partition coefficient (Wildman–Crippen LogP) is 2.99. The number of rotatable bonds is 5. The van der Waals surface area contributed by atoms with Crippen LogP contribution in [0, 0.1) is 11.8 Å². The zero-order valence-corrected chi connectivity index (χ0v) is 14.4. The van der Waals surface area contributed by atoms with Crippen molar-refractivity contribution in [1.29, 1.82) is 0 Å². The van der Waals surface area contributed by atoms with Crippen molar-refractivity contribution in [3.05, 3.63) is 29.3 Å². The molecule has 3 nitrogen and oxygen atoms in total. The van der Waals surface area contributed by atoms with E-state index in [0.29, 0.717) is 12.0 Å². The van der Waals surface area contributed by atoms with Crippen LogP contribution >= 0.6 is 0 Å². The molecule has 0 aromatic heterocycles. The van der Waals surface area contributed by atoms with Crippen molar-refractivity contribution in [3.63, 3.8) is 0 Å². The number of fused-ring (bicyclic) bond motifs is 4. The highest BCUT2D eigenvalue weighted by Gasteiger charge is 2.51. The van der Waals surface area contributed by atoms with Crippen molar-refractivity contribution in [2.75, 3.05) is 26.8 Å². The van der Waals surface area contributed by atoms with Gasteiger partial charge in [0, 0.05) is 24.6 Å². The second-order valence-corrected chi connectivity index (χ2v) is 7.90. The van der Waals surface area contributed by atoms with Crippen LogP contribution in [-0.4, -0.2) is 42.9 Å². The first kappa shape index (κ1) is 15.5. The summed E-state index contributed by atoms with van der Waals surface area (Å²) in [6.07, 6.45) is 6.04. The summed E-state index contributed by atoms with van der Waals surface area (Å²) in [7, 11) is 1.74. The summed E-state index contributed by atoms with van der Waals surface area (Å²) in [5, 5.41) is 9.77. The molecule has 1 saturated heterocycles. The van der Waals surface area contributed by atoms with Crippen molar-refractivity contribution in [3.8, 4) is 5.75 Å². The fourth-order valence-electron chi connectivity index (χ4n) is 5.20. The minimum atomic E-state index is 0.127. The van der Waals surface area contributed by atoms with E-state index in [9.17, 15) is 5.11 Å². The number of hydrogen-bond donors (Lipinski definition) is 1. The molecule has 2 unspecified atom stereocenters. The third-order valence-electron chi connectivity index (χ3n) is 6.79. The van der Waals surface area contributed by atoms with Crippen molar-refractivity contribution < 1.29 is 9.84 Å². The Morgan fingerprint density at radius 1 is 1.35 bits per heavy atom. The number of hydrogen-bond acceptors (Lipinski definition) is 3. The highest BCUT2D eigenvalue weighted by Crippen LogP contribution is 2.52. The minimum Gasteiger partial charge on any atom is -0.497 e. The molecule has 23 heavy (non-hydrogen) atoms. The van der Waals surface area contributed by atoms with Gasteiger partial charge in [0.1, 0.15) is 5.75 Å². The summed E-state index contributed by atoms with van der Waals surface area (Å²) in [4.78, 5) is 2.76. The number of likely N-dealkylation sites (tertiary alicyclic amines) is 1. The van der Waals surface area contributed by atoms with E-state index in [1.807, 2.05) is 0 Å². The molecule has 1 aromatic rings. The number of benzene rings is 1. The van der Waals surface area contributed by atoms with Gasteiger partial charge in [0.15, 0.2) is 0 Å². The van der Waals surface area contributed by atoms with Gasteiger partial charge in [-0.05, 0) is 73.7 Å². The molecule has 3 atom stereocenters. The van der Waals surface area contributed by atoms with Crippen LogP contribution in [0.2, 0.25) is 0 Å². The zero-order chi connectivity index (χ0) is 16.0. The second-order valence-electron chi connectivity index (χ2n) is 7.90. The van der Waals surface area contributed by atoms with Gasteiger partial charge < -0.3 is 9.84 Å². The molecule has 1 saturated carbocycles. The first-order valence-corrected chi connectivity index (χ1v) is 9.20. The van der Waals surface area contributed by atoms with E-state index in [1.165, 1.54) is 37.1 Å². The van der Waals surface area contributed by atoms with Crippen LogP contribution in [-0.2, 0) is 11.8 Å². The fraction of sp³-hybridized carbons (Fsp3) is 0.700. The average Bonchev–Trinajstić information content (AvgIpc) is 3.37. The van der Waals surface area contributed by atoms with E-state index in [0.717, 1.165) is 30.9 Å². The molecule has 1 heterocycles. The molecule has 1 aliphatic heterocycles. The Labute approximate surface area is 139 Å². The lowest BCUT2D eigenvalue weighted by Crippen LogP contribution is -2.59. The van der Waals surface area contributed by atoms with Crippen LogP contribution in [0.25, 0.3) is 0 Å². The third kappa shape index (κ3) is 2.49. The van der Waals surface area contributed by atoms with E-state index >= 15 is 0 Å². The molecule has 2 fully saturated rings. The number of piperidine rings is 1. The van der Waals surface area contributed by atoms with Crippen LogP contribution in [0.3, 0.4) is 0 Å². The van der Waals surface area contributed by atoms with Crippen LogP contribution in [0.1, 0.15) is 43.7 Å². The summed E-state index contributed by atoms with van der Waals surface area (Å²) >= 11 is 0. The molecule has 0 radical (unpaired) electrons. The van der Waals surface area contributed by atoms with Gasteiger partial charge in [-0.25, -0.2) is 0 Å². The highest BCUT2D eigenvalue weighted by molar-refractivity contribution is 5.45. The smallest absolute Gasteiger partial charge is 0.119 e. The van der Waals surface area contributed by atoms with Crippen molar-refractivity contribution in [1.82, 2.24) is 4.90 Å². The Morgan fingerprint density at radius 2 is 2.17 bits per heavy atom. The molecule has 126 valence electrons. The molecule has 1 aromatic carbocycles.